The Hall–Kier alpha value is -3.52. The van der Waals surface area contributed by atoms with Crippen LogP contribution in [0.1, 0.15) is 83.9 Å². The Bertz CT molecular complexity index is 992. The standard InChI is InChI=1S/C28H38N4O4/c1-7-20-13-15-21(16-14-20)24(25(33)30-22-11-9-8-10-12-22)32(18-17-29)26(34)23(19(2)3)31-27(35)36-28(4,5)6/h1,13-16,19,22-24H,8-12,18H2,2-6H3,(H,30,33)(H,31,35). The molecule has 1 aliphatic rings. The van der Waals surface area contributed by atoms with Crippen LogP contribution in [-0.2, 0) is 14.3 Å². The minimum Gasteiger partial charge on any atom is -0.444 e. The molecule has 1 aromatic rings. The predicted molar refractivity (Wildman–Crippen MR) is 137 cm³/mol. The first-order valence-electron chi connectivity index (χ1n) is 12.5. The fourth-order valence-corrected chi connectivity index (χ4v) is 4.26. The molecular weight excluding hydrogens is 456 g/mol. The van der Waals surface area contributed by atoms with Crippen LogP contribution in [0.15, 0.2) is 24.3 Å². The molecule has 1 aromatic carbocycles. The summed E-state index contributed by atoms with van der Waals surface area (Å²) in [5.41, 5.74) is 0.419. The van der Waals surface area contributed by atoms with Crippen LogP contribution in [0.25, 0.3) is 0 Å². The van der Waals surface area contributed by atoms with Crippen molar-refractivity contribution >= 4 is 17.9 Å². The second-order valence-electron chi connectivity index (χ2n) is 10.5. The van der Waals surface area contributed by atoms with Crippen molar-refractivity contribution in [1.82, 2.24) is 15.5 Å². The lowest BCUT2D eigenvalue weighted by atomic mass is 9.94. The lowest BCUT2D eigenvalue weighted by Crippen LogP contribution is -2.55. The Morgan fingerprint density at radius 1 is 1.14 bits per heavy atom. The molecule has 194 valence electrons. The molecule has 36 heavy (non-hydrogen) atoms. The van der Waals surface area contributed by atoms with Crippen LogP contribution in [0.5, 0.6) is 0 Å². The molecule has 1 fully saturated rings. The molecule has 1 saturated carbocycles. The Morgan fingerprint density at radius 2 is 1.75 bits per heavy atom. The summed E-state index contributed by atoms with van der Waals surface area (Å²) in [6.07, 6.45) is 9.68. The molecule has 0 spiro atoms. The Labute approximate surface area is 214 Å². The third-order valence-corrected chi connectivity index (χ3v) is 6.03. The van der Waals surface area contributed by atoms with Crippen LogP contribution in [0.3, 0.4) is 0 Å². The zero-order chi connectivity index (χ0) is 26.9. The summed E-state index contributed by atoms with van der Waals surface area (Å²) in [7, 11) is 0. The maximum absolute atomic E-state index is 13.8. The number of rotatable bonds is 8. The molecule has 0 saturated heterocycles. The van der Waals surface area contributed by atoms with Gasteiger partial charge in [-0.05, 0) is 57.2 Å². The van der Waals surface area contributed by atoms with Crippen molar-refractivity contribution < 1.29 is 19.1 Å². The molecule has 3 amide bonds. The van der Waals surface area contributed by atoms with Gasteiger partial charge in [-0.15, -0.1) is 6.42 Å². The molecule has 0 heterocycles. The number of nitrogens with one attached hydrogen (secondary N) is 2. The number of hydrogen-bond acceptors (Lipinski definition) is 5. The highest BCUT2D eigenvalue weighted by atomic mass is 16.6. The Balaban J connectivity index is 2.43. The molecule has 1 aliphatic carbocycles. The molecule has 2 N–H and O–H groups in total. The number of benzene rings is 1. The van der Waals surface area contributed by atoms with Crippen LogP contribution >= 0.6 is 0 Å². The number of terminal acetylenes is 1. The average Bonchev–Trinajstić information content (AvgIpc) is 2.81. The van der Waals surface area contributed by atoms with Crippen molar-refractivity contribution in [1.29, 1.82) is 5.26 Å². The summed E-state index contributed by atoms with van der Waals surface area (Å²) in [4.78, 5) is 41.2. The van der Waals surface area contributed by atoms with Crippen molar-refractivity contribution in [2.45, 2.75) is 90.4 Å². The van der Waals surface area contributed by atoms with Gasteiger partial charge in [0.1, 0.15) is 24.2 Å². The molecule has 2 rings (SSSR count). The second-order valence-corrected chi connectivity index (χ2v) is 10.5. The van der Waals surface area contributed by atoms with E-state index in [0.29, 0.717) is 11.1 Å². The molecule has 8 nitrogen and oxygen atoms in total. The van der Waals surface area contributed by atoms with Crippen LogP contribution in [0.2, 0.25) is 0 Å². The molecule has 2 atom stereocenters. The monoisotopic (exact) mass is 494 g/mol. The van der Waals surface area contributed by atoms with E-state index in [-0.39, 0.29) is 24.4 Å². The number of nitrogens with zero attached hydrogens (tertiary/aromatic N) is 2. The number of carbonyl (C=O) groups excluding carboxylic acids is 3. The summed E-state index contributed by atoms with van der Waals surface area (Å²) in [5.74, 6) is 1.32. The van der Waals surface area contributed by atoms with Gasteiger partial charge in [-0.2, -0.15) is 5.26 Å². The van der Waals surface area contributed by atoms with Crippen LogP contribution < -0.4 is 10.6 Å². The van der Waals surface area contributed by atoms with Gasteiger partial charge >= 0.3 is 6.09 Å². The molecule has 0 bridgehead atoms. The Kier molecular flexibility index (Phi) is 10.3. The minimum absolute atomic E-state index is 0.0125. The van der Waals surface area contributed by atoms with Gasteiger partial charge in [0, 0.05) is 11.6 Å². The van der Waals surface area contributed by atoms with E-state index in [1.54, 1.807) is 58.9 Å². The van der Waals surface area contributed by atoms with E-state index in [9.17, 15) is 19.6 Å². The summed E-state index contributed by atoms with van der Waals surface area (Å²) in [5, 5.41) is 15.3. The number of carbonyl (C=O) groups is 3. The maximum Gasteiger partial charge on any atom is 0.408 e. The zero-order valence-electron chi connectivity index (χ0n) is 22.0. The van der Waals surface area contributed by atoms with Crippen molar-refractivity contribution in [3.8, 4) is 18.4 Å². The van der Waals surface area contributed by atoms with E-state index in [1.807, 2.05) is 6.07 Å². The number of alkyl carbamates (subject to hydrolysis) is 1. The maximum atomic E-state index is 13.8. The molecule has 2 unspecified atom stereocenters. The van der Waals surface area contributed by atoms with Gasteiger partial charge < -0.3 is 20.3 Å². The highest BCUT2D eigenvalue weighted by Crippen LogP contribution is 2.26. The second kappa shape index (κ2) is 13.0. The quantitative estimate of drug-likeness (QED) is 0.418. The number of ether oxygens (including phenoxy) is 1. The molecular formula is C28H38N4O4. The molecule has 0 aliphatic heterocycles. The largest absolute Gasteiger partial charge is 0.444 e. The van der Waals surface area contributed by atoms with E-state index >= 15 is 0 Å². The lowest BCUT2D eigenvalue weighted by molar-refractivity contribution is -0.142. The molecule has 0 radical (unpaired) electrons. The first-order chi connectivity index (χ1) is 17.0. The van der Waals surface area contributed by atoms with Crippen LogP contribution in [0, 0.1) is 29.6 Å². The Morgan fingerprint density at radius 3 is 2.25 bits per heavy atom. The van der Waals surface area contributed by atoms with Crippen molar-refractivity contribution in [2.24, 2.45) is 5.92 Å². The zero-order valence-corrected chi connectivity index (χ0v) is 22.0. The summed E-state index contributed by atoms with van der Waals surface area (Å²) < 4.78 is 5.34. The summed E-state index contributed by atoms with van der Waals surface area (Å²) in [6.45, 7) is 8.41. The van der Waals surface area contributed by atoms with Gasteiger partial charge in [0.2, 0.25) is 11.8 Å². The van der Waals surface area contributed by atoms with E-state index in [0.717, 1.165) is 32.1 Å². The van der Waals surface area contributed by atoms with Gasteiger partial charge in [-0.1, -0.05) is 51.2 Å². The van der Waals surface area contributed by atoms with Gasteiger partial charge in [-0.3, -0.25) is 9.59 Å². The SMILES string of the molecule is C#Cc1ccc(C(C(=O)NC2CCCCC2)N(CC#N)C(=O)C(NC(=O)OC(C)(C)C)C(C)C)cc1. The van der Waals surface area contributed by atoms with Crippen molar-refractivity contribution in [3.63, 3.8) is 0 Å². The summed E-state index contributed by atoms with van der Waals surface area (Å²) in [6, 6.07) is 6.76. The summed E-state index contributed by atoms with van der Waals surface area (Å²) >= 11 is 0. The number of amides is 3. The third kappa shape index (κ3) is 8.30. The minimum atomic E-state index is -1.06. The van der Waals surface area contributed by atoms with Gasteiger partial charge in [-0.25, -0.2) is 4.79 Å². The van der Waals surface area contributed by atoms with E-state index in [1.165, 1.54) is 4.90 Å². The lowest BCUT2D eigenvalue weighted by Gasteiger charge is -2.35. The first-order valence-corrected chi connectivity index (χ1v) is 12.5. The van der Waals surface area contributed by atoms with Crippen molar-refractivity contribution in [2.75, 3.05) is 6.54 Å². The third-order valence-electron chi connectivity index (χ3n) is 6.03. The molecule has 0 aromatic heterocycles. The van der Waals surface area contributed by atoms with Gasteiger partial charge in [0.05, 0.1) is 6.07 Å². The number of hydrogen-bond donors (Lipinski definition) is 2. The van der Waals surface area contributed by atoms with Crippen molar-refractivity contribution in [3.05, 3.63) is 35.4 Å². The van der Waals surface area contributed by atoms with Crippen LogP contribution in [0.4, 0.5) is 4.79 Å². The van der Waals surface area contributed by atoms with E-state index in [4.69, 9.17) is 11.2 Å². The average molecular weight is 495 g/mol. The predicted octanol–water partition coefficient (Wildman–Crippen LogP) is 4.06. The topological polar surface area (TPSA) is 112 Å². The molecule has 8 heteroatoms. The van der Waals surface area contributed by atoms with E-state index in [2.05, 4.69) is 16.6 Å². The first kappa shape index (κ1) is 28.7. The fraction of sp³-hybridized carbons (Fsp3) is 0.571. The van der Waals surface area contributed by atoms with Gasteiger partial charge in [0.25, 0.3) is 0 Å². The smallest absolute Gasteiger partial charge is 0.408 e. The highest BCUT2D eigenvalue weighted by molar-refractivity contribution is 5.92. The van der Waals surface area contributed by atoms with E-state index < -0.39 is 29.7 Å². The fourth-order valence-electron chi connectivity index (χ4n) is 4.26. The number of nitriles is 1. The highest BCUT2D eigenvalue weighted by Gasteiger charge is 2.38. The van der Waals surface area contributed by atoms with Gasteiger partial charge in [0.15, 0.2) is 0 Å². The van der Waals surface area contributed by atoms with Crippen LogP contribution in [-0.4, -0.2) is 47.0 Å². The normalized spacial score (nSPS) is 15.7.